The van der Waals surface area contributed by atoms with Crippen molar-refractivity contribution in [2.24, 2.45) is 5.92 Å². The van der Waals surface area contributed by atoms with E-state index in [1.807, 2.05) is 25.3 Å². The number of aryl methyl sites for hydroxylation is 3. The quantitative estimate of drug-likeness (QED) is 0.138. The summed E-state index contributed by atoms with van der Waals surface area (Å²) in [5.74, 6) is 0.744. The molecule has 0 atom stereocenters. The van der Waals surface area contributed by atoms with Crippen LogP contribution >= 0.6 is 0 Å². The first-order valence-corrected chi connectivity index (χ1v) is 15.8. The zero-order chi connectivity index (χ0) is 31.1. The van der Waals surface area contributed by atoms with E-state index in [4.69, 9.17) is 10.4 Å². The van der Waals surface area contributed by atoms with E-state index in [0.29, 0.717) is 6.04 Å². The van der Waals surface area contributed by atoms with E-state index in [1.54, 1.807) is 6.20 Å². The molecule has 0 amide bonds. The van der Waals surface area contributed by atoms with Crippen LogP contribution in [0.5, 0.6) is 0 Å². The molecular formula is C40H46N4. The molecular weight excluding hydrogens is 536 g/mol. The van der Waals surface area contributed by atoms with Crippen LogP contribution in [0.15, 0.2) is 97.7 Å². The molecule has 0 bridgehead atoms. The van der Waals surface area contributed by atoms with Gasteiger partial charge in [-0.2, -0.15) is 0 Å². The average molecular weight is 583 g/mol. The second-order valence-corrected chi connectivity index (χ2v) is 12.7. The Kier molecular flexibility index (Phi) is 9.79. The lowest BCUT2D eigenvalue weighted by Crippen LogP contribution is -2.36. The monoisotopic (exact) mass is 582 g/mol. The van der Waals surface area contributed by atoms with Gasteiger partial charge in [0.05, 0.1) is 5.69 Å². The van der Waals surface area contributed by atoms with Gasteiger partial charge < -0.3 is 16.0 Å². The van der Waals surface area contributed by atoms with Crippen molar-refractivity contribution in [3.8, 4) is 0 Å². The van der Waals surface area contributed by atoms with Crippen LogP contribution < -0.4 is 10.6 Å². The number of pyridine rings is 1. The summed E-state index contributed by atoms with van der Waals surface area (Å²) < 4.78 is 0. The highest BCUT2D eigenvalue weighted by Crippen LogP contribution is 2.35. The molecule has 3 N–H and O–H groups in total. The van der Waals surface area contributed by atoms with Crippen LogP contribution in [0.2, 0.25) is 0 Å². The Morgan fingerprint density at radius 3 is 2.23 bits per heavy atom. The molecule has 1 aliphatic carbocycles. The maximum absolute atomic E-state index is 7.66. The van der Waals surface area contributed by atoms with Crippen LogP contribution in [0.25, 0.3) is 11.6 Å². The molecule has 0 saturated heterocycles. The van der Waals surface area contributed by atoms with E-state index in [9.17, 15) is 0 Å². The number of anilines is 1. The Balaban J connectivity index is 1.13. The SMILES string of the molecule is C=Cc1ccc(N[C@H]2C[C@@H](Cc3ccc(C(C)(C)c4ccc(CCc5cccc(/C(C=N)=C/NC)n5)cc4)cc3)C2)cc1C. The van der Waals surface area contributed by atoms with Crippen LogP contribution in [0.1, 0.15) is 71.5 Å². The molecule has 44 heavy (non-hydrogen) atoms. The molecule has 0 radical (unpaired) electrons. The Bertz CT molecular complexity index is 1610. The van der Waals surface area contributed by atoms with Crippen LogP contribution in [0, 0.1) is 18.3 Å². The molecule has 3 aromatic carbocycles. The van der Waals surface area contributed by atoms with E-state index in [1.165, 1.54) is 58.1 Å². The van der Waals surface area contributed by atoms with Crippen molar-refractivity contribution in [1.29, 1.82) is 5.41 Å². The Labute approximate surface area is 263 Å². The number of nitrogens with zero attached hydrogens (tertiary/aromatic N) is 1. The van der Waals surface area contributed by atoms with Gasteiger partial charge in [0.2, 0.25) is 0 Å². The second kappa shape index (κ2) is 13.9. The summed E-state index contributed by atoms with van der Waals surface area (Å²) in [5.41, 5.74) is 11.7. The first kappa shape index (κ1) is 31.0. The second-order valence-electron chi connectivity index (χ2n) is 12.7. The van der Waals surface area contributed by atoms with E-state index in [2.05, 4.69) is 111 Å². The molecule has 5 rings (SSSR count). The highest BCUT2D eigenvalue weighted by atomic mass is 14.9. The van der Waals surface area contributed by atoms with Crippen molar-refractivity contribution in [1.82, 2.24) is 10.3 Å². The third-order valence-corrected chi connectivity index (χ3v) is 9.20. The predicted octanol–water partition coefficient (Wildman–Crippen LogP) is 8.79. The molecule has 0 aliphatic heterocycles. The minimum absolute atomic E-state index is 0.0689. The average Bonchev–Trinajstić information content (AvgIpc) is 3.02. The molecule has 1 aromatic heterocycles. The number of hydrogen-bond donors (Lipinski definition) is 3. The van der Waals surface area contributed by atoms with Gasteiger partial charge >= 0.3 is 0 Å². The van der Waals surface area contributed by atoms with Gasteiger partial charge in [-0.3, -0.25) is 4.98 Å². The van der Waals surface area contributed by atoms with Crippen molar-refractivity contribution in [3.05, 3.63) is 142 Å². The van der Waals surface area contributed by atoms with Crippen molar-refractivity contribution < 1.29 is 0 Å². The molecule has 226 valence electrons. The minimum atomic E-state index is -0.0689. The molecule has 1 fully saturated rings. The highest BCUT2D eigenvalue weighted by Gasteiger charge is 2.29. The lowest BCUT2D eigenvalue weighted by atomic mass is 9.75. The fraction of sp³-hybridized carbons (Fsp3) is 0.300. The van der Waals surface area contributed by atoms with Gasteiger partial charge in [-0.05, 0) is 103 Å². The third-order valence-electron chi connectivity index (χ3n) is 9.20. The van der Waals surface area contributed by atoms with Crippen molar-refractivity contribution >= 4 is 23.6 Å². The third kappa shape index (κ3) is 7.37. The van der Waals surface area contributed by atoms with Crippen molar-refractivity contribution in [2.75, 3.05) is 12.4 Å². The van der Waals surface area contributed by atoms with E-state index in [-0.39, 0.29) is 5.41 Å². The highest BCUT2D eigenvalue weighted by molar-refractivity contribution is 6.07. The molecule has 1 aliphatic rings. The van der Waals surface area contributed by atoms with Crippen LogP contribution in [0.3, 0.4) is 0 Å². The molecule has 4 nitrogen and oxygen atoms in total. The number of nitrogens with one attached hydrogen (secondary N) is 3. The Morgan fingerprint density at radius 2 is 1.61 bits per heavy atom. The lowest BCUT2D eigenvalue weighted by Gasteiger charge is -2.37. The number of rotatable bonds is 13. The zero-order valence-electron chi connectivity index (χ0n) is 26.7. The summed E-state index contributed by atoms with van der Waals surface area (Å²) in [7, 11) is 1.84. The standard InChI is InChI=1S/C40H46N4/c1-6-32-15-21-37(22-28(32)2)43-38-24-31(25-38)23-30-12-18-35(19-13-30)40(3,4)34-16-10-29(11-17-34)14-20-36-8-7-9-39(44-36)33(26-41)27-42-5/h6-13,15-19,21-22,26-27,31,38,41-43H,1,14,20,23-25H2,2-5H3/b33-27+,41-26?/t31-,38+. The lowest BCUT2D eigenvalue weighted by molar-refractivity contribution is 0.281. The molecule has 4 heteroatoms. The summed E-state index contributed by atoms with van der Waals surface area (Å²) >= 11 is 0. The molecule has 0 unspecified atom stereocenters. The van der Waals surface area contributed by atoms with Gasteiger partial charge in [0.15, 0.2) is 0 Å². The fourth-order valence-electron chi connectivity index (χ4n) is 6.29. The van der Waals surface area contributed by atoms with Gasteiger partial charge in [0.1, 0.15) is 0 Å². The van der Waals surface area contributed by atoms with Gasteiger partial charge in [0.25, 0.3) is 0 Å². The van der Waals surface area contributed by atoms with Crippen LogP contribution in [-0.4, -0.2) is 24.3 Å². The van der Waals surface area contributed by atoms with Crippen LogP contribution in [-0.2, 0) is 24.7 Å². The largest absolute Gasteiger partial charge is 0.393 e. The van der Waals surface area contributed by atoms with Crippen LogP contribution in [0.4, 0.5) is 5.69 Å². The molecule has 1 saturated carbocycles. The van der Waals surface area contributed by atoms with E-state index < -0.39 is 0 Å². The Hall–Kier alpha value is -4.44. The molecule has 4 aromatic rings. The topological polar surface area (TPSA) is 60.8 Å². The number of benzene rings is 3. The smallest absolute Gasteiger partial charge is 0.0735 e. The number of allylic oxidation sites excluding steroid dienone is 1. The van der Waals surface area contributed by atoms with E-state index >= 15 is 0 Å². The first-order chi connectivity index (χ1) is 21.3. The summed E-state index contributed by atoms with van der Waals surface area (Å²) in [5, 5.41) is 14.4. The summed E-state index contributed by atoms with van der Waals surface area (Å²) in [6.45, 7) is 10.7. The molecule has 0 spiro atoms. The van der Waals surface area contributed by atoms with Gasteiger partial charge in [-0.25, -0.2) is 0 Å². The van der Waals surface area contributed by atoms with Crippen molar-refractivity contribution in [3.63, 3.8) is 0 Å². The maximum Gasteiger partial charge on any atom is 0.0735 e. The number of aromatic nitrogens is 1. The first-order valence-electron chi connectivity index (χ1n) is 15.8. The summed E-state index contributed by atoms with van der Waals surface area (Å²) in [6.07, 6.45) is 10.5. The molecule has 1 heterocycles. The van der Waals surface area contributed by atoms with Gasteiger partial charge in [-0.15, -0.1) is 0 Å². The fourth-order valence-corrected chi connectivity index (χ4v) is 6.29. The maximum atomic E-state index is 7.66. The van der Waals surface area contributed by atoms with Crippen molar-refractivity contribution in [2.45, 2.75) is 64.3 Å². The Morgan fingerprint density at radius 1 is 0.932 bits per heavy atom. The normalized spacial score (nSPS) is 16.6. The summed E-state index contributed by atoms with van der Waals surface area (Å²) in [6, 6.07) is 31.6. The minimum Gasteiger partial charge on any atom is -0.393 e. The summed E-state index contributed by atoms with van der Waals surface area (Å²) in [4.78, 5) is 4.77. The van der Waals surface area contributed by atoms with Gasteiger partial charge in [-0.1, -0.05) is 87.2 Å². The van der Waals surface area contributed by atoms with E-state index in [0.717, 1.165) is 42.1 Å². The predicted molar refractivity (Wildman–Crippen MR) is 188 cm³/mol. The zero-order valence-corrected chi connectivity index (χ0v) is 26.7. The van der Waals surface area contributed by atoms with Gasteiger partial charge in [0, 0.05) is 47.9 Å². The number of hydrogen-bond acceptors (Lipinski definition) is 4.